The molecule has 0 bridgehead atoms. The van der Waals surface area contributed by atoms with Crippen LogP contribution in [0.4, 0.5) is 5.69 Å². The number of carboxylic acids is 1. The topological polar surface area (TPSA) is 78.4 Å². The highest BCUT2D eigenvalue weighted by molar-refractivity contribution is 7.80. The van der Waals surface area contributed by atoms with Crippen LogP contribution in [0.3, 0.4) is 0 Å². The number of amides is 1. The number of carbonyl (C=O) groups is 2. The third-order valence-corrected chi connectivity index (χ3v) is 2.96. The normalized spacial score (nSPS) is 9.90. The van der Waals surface area contributed by atoms with E-state index in [9.17, 15) is 9.59 Å². The highest BCUT2D eigenvalue weighted by Gasteiger charge is 2.12. The first-order valence-electron chi connectivity index (χ1n) is 5.63. The van der Waals surface area contributed by atoms with Crippen molar-refractivity contribution in [3.63, 3.8) is 0 Å². The van der Waals surface area contributed by atoms with Crippen molar-refractivity contribution in [2.75, 3.05) is 11.2 Å². The van der Waals surface area contributed by atoms with Gasteiger partial charge in [0.15, 0.2) is 5.11 Å². The van der Waals surface area contributed by atoms with Crippen molar-refractivity contribution in [1.82, 2.24) is 5.32 Å². The molecule has 0 fully saturated rings. The quantitative estimate of drug-likeness (QED) is 0.570. The van der Waals surface area contributed by atoms with Crippen molar-refractivity contribution in [3.05, 3.63) is 28.8 Å². The Bertz CT molecular complexity index is 537. The predicted molar refractivity (Wildman–Crippen MR) is 82.7 cm³/mol. The number of aromatic carboxylic acids is 1. The fourth-order valence-electron chi connectivity index (χ4n) is 1.37. The molecule has 5 nitrogen and oxygen atoms in total. The van der Waals surface area contributed by atoms with E-state index >= 15 is 0 Å². The maximum absolute atomic E-state index is 11.4. The molecule has 8 heteroatoms. The zero-order valence-corrected chi connectivity index (χ0v) is 12.6. The molecule has 0 saturated carbocycles. The van der Waals surface area contributed by atoms with Crippen LogP contribution in [0.5, 0.6) is 0 Å². The average molecular weight is 335 g/mol. The number of rotatable bonds is 5. The minimum absolute atomic E-state index is 0.0226. The summed E-state index contributed by atoms with van der Waals surface area (Å²) >= 11 is 16.1. The third-order valence-electron chi connectivity index (χ3n) is 2.25. The predicted octanol–water partition coefficient (Wildman–Crippen LogP) is 2.87. The molecule has 0 atom stereocenters. The molecule has 0 saturated heterocycles. The fourth-order valence-corrected chi connectivity index (χ4v) is 1.90. The lowest BCUT2D eigenvalue weighted by Gasteiger charge is -2.11. The van der Waals surface area contributed by atoms with Crippen LogP contribution in [0.15, 0.2) is 18.2 Å². The summed E-state index contributed by atoms with van der Waals surface area (Å²) in [6.07, 6.45) is 0.787. The molecule has 1 rings (SSSR count). The van der Waals surface area contributed by atoms with Crippen molar-refractivity contribution < 1.29 is 14.7 Å². The molecule has 0 spiro atoms. The van der Waals surface area contributed by atoms with Crippen LogP contribution in [0.2, 0.25) is 5.02 Å². The summed E-state index contributed by atoms with van der Waals surface area (Å²) in [4.78, 5) is 22.5. The Labute approximate surface area is 131 Å². The maximum Gasteiger partial charge on any atom is 0.337 e. The van der Waals surface area contributed by atoms with Crippen LogP contribution < -0.4 is 10.6 Å². The number of carbonyl (C=O) groups excluding carboxylic acids is 1. The van der Waals surface area contributed by atoms with Gasteiger partial charge >= 0.3 is 5.97 Å². The number of anilines is 1. The van der Waals surface area contributed by atoms with Crippen molar-refractivity contribution in [3.8, 4) is 0 Å². The molecule has 1 amide bonds. The summed E-state index contributed by atoms with van der Waals surface area (Å²) in [5.74, 6) is -1.05. The number of hydrogen-bond donors (Lipinski definition) is 3. The molecule has 0 aliphatic carbocycles. The minimum Gasteiger partial charge on any atom is -0.478 e. The minimum atomic E-state index is -1.15. The van der Waals surface area contributed by atoms with E-state index in [1.54, 1.807) is 0 Å². The largest absolute Gasteiger partial charge is 0.478 e. The van der Waals surface area contributed by atoms with E-state index < -0.39 is 5.97 Å². The van der Waals surface area contributed by atoms with Crippen LogP contribution in [0.1, 0.15) is 23.2 Å². The maximum atomic E-state index is 11.4. The van der Waals surface area contributed by atoms with Gasteiger partial charge in [0.05, 0.1) is 11.3 Å². The lowest BCUT2D eigenvalue weighted by molar-refractivity contribution is -0.119. The molecule has 0 heterocycles. The van der Waals surface area contributed by atoms with Gasteiger partial charge in [-0.25, -0.2) is 4.79 Å². The van der Waals surface area contributed by atoms with Gasteiger partial charge in [0, 0.05) is 17.3 Å². The standard InChI is InChI=1S/C12H12Cl2N2O3S/c13-5-1-2-10(17)16-12(20)15-9-4-3-7(14)6-8(9)11(18)19/h3-4,6H,1-2,5H2,(H,18,19)(H2,15,16,17,20). The zero-order valence-electron chi connectivity index (χ0n) is 10.3. The van der Waals surface area contributed by atoms with Crippen molar-refractivity contribution in [1.29, 1.82) is 0 Å². The second kappa shape index (κ2) is 8.04. The highest BCUT2D eigenvalue weighted by Crippen LogP contribution is 2.20. The lowest BCUT2D eigenvalue weighted by atomic mass is 10.2. The number of benzene rings is 1. The van der Waals surface area contributed by atoms with Crippen molar-refractivity contribution in [2.45, 2.75) is 12.8 Å². The number of nitrogens with one attached hydrogen (secondary N) is 2. The van der Waals surface area contributed by atoms with Crippen LogP contribution >= 0.6 is 35.4 Å². The first kappa shape index (κ1) is 16.7. The van der Waals surface area contributed by atoms with E-state index in [4.69, 9.17) is 40.5 Å². The Morgan fingerprint density at radius 2 is 2.05 bits per heavy atom. The van der Waals surface area contributed by atoms with Crippen LogP contribution in [-0.2, 0) is 4.79 Å². The summed E-state index contributed by atoms with van der Waals surface area (Å²) < 4.78 is 0. The van der Waals surface area contributed by atoms with Gasteiger partial charge < -0.3 is 15.7 Å². The lowest BCUT2D eigenvalue weighted by Crippen LogP contribution is -2.34. The monoisotopic (exact) mass is 334 g/mol. The molecule has 108 valence electrons. The van der Waals surface area contributed by atoms with Crippen molar-refractivity contribution in [2.24, 2.45) is 0 Å². The summed E-state index contributed by atoms with van der Waals surface area (Å²) in [5.41, 5.74) is 0.222. The van der Waals surface area contributed by atoms with Gasteiger partial charge in [0.25, 0.3) is 0 Å². The number of carboxylic acid groups (broad SMARTS) is 1. The second-order valence-corrected chi connectivity index (χ2v) is 5.01. The van der Waals surface area contributed by atoms with E-state index in [1.165, 1.54) is 18.2 Å². The Morgan fingerprint density at radius 3 is 2.65 bits per heavy atom. The van der Waals surface area contributed by atoms with Gasteiger partial charge in [-0.1, -0.05) is 11.6 Å². The van der Waals surface area contributed by atoms with Crippen LogP contribution in [-0.4, -0.2) is 28.0 Å². The fraction of sp³-hybridized carbons (Fsp3) is 0.250. The molecule has 1 aromatic rings. The summed E-state index contributed by atoms with van der Waals surface area (Å²) in [5, 5.41) is 14.5. The average Bonchev–Trinajstić information content (AvgIpc) is 2.38. The summed E-state index contributed by atoms with van der Waals surface area (Å²) in [6.45, 7) is 0. The molecular formula is C12H12Cl2N2O3S. The molecule has 20 heavy (non-hydrogen) atoms. The van der Waals surface area contributed by atoms with Crippen LogP contribution in [0, 0.1) is 0 Å². The van der Waals surface area contributed by atoms with E-state index in [-0.39, 0.29) is 28.7 Å². The second-order valence-electron chi connectivity index (χ2n) is 3.79. The van der Waals surface area contributed by atoms with Crippen LogP contribution in [0.25, 0.3) is 0 Å². The molecule has 0 aromatic heterocycles. The highest BCUT2D eigenvalue weighted by atomic mass is 35.5. The van der Waals surface area contributed by atoms with E-state index in [0.717, 1.165) is 0 Å². The van der Waals surface area contributed by atoms with E-state index in [2.05, 4.69) is 10.6 Å². The zero-order chi connectivity index (χ0) is 15.1. The molecule has 3 N–H and O–H groups in total. The third kappa shape index (κ3) is 5.32. The smallest absolute Gasteiger partial charge is 0.337 e. The summed E-state index contributed by atoms with van der Waals surface area (Å²) in [6, 6.07) is 4.29. The molecule has 0 aliphatic rings. The molecule has 0 aliphatic heterocycles. The summed E-state index contributed by atoms with van der Waals surface area (Å²) in [7, 11) is 0. The van der Waals surface area contributed by atoms with Gasteiger partial charge in [-0.2, -0.15) is 0 Å². The first-order chi connectivity index (χ1) is 9.43. The Balaban J connectivity index is 2.71. The molecular weight excluding hydrogens is 323 g/mol. The number of halogens is 2. The van der Waals surface area contributed by atoms with E-state index in [1.807, 2.05) is 0 Å². The Morgan fingerprint density at radius 1 is 1.35 bits per heavy atom. The number of alkyl halides is 1. The van der Waals surface area contributed by atoms with Gasteiger partial charge in [-0.3, -0.25) is 4.79 Å². The molecule has 0 unspecified atom stereocenters. The first-order valence-corrected chi connectivity index (χ1v) is 6.95. The van der Waals surface area contributed by atoms with Gasteiger partial charge in [-0.15, -0.1) is 11.6 Å². The van der Waals surface area contributed by atoms with Crippen molar-refractivity contribution >= 4 is 58.1 Å². The number of thiocarbonyl (C=S) groups is 1. The van der Waals surface area contributed by atoms with Gasteiger partial charge in [0.2, 0.25) is 5.91 Å². The Kier molecular flexibility index (Phi) is 6.70. The van der Waals surface area contributed by atoms with E-state index in [0.29, 0.717) is 17.3 Å². The van der Waals surface area contributed by atoms with Gasteiger partial charge in [0.1, 0.15) is 0 Å². The number of hydrogen-bond acceptors (Lipinski definition) is 3. The Hall–Kier alpha value is -1.37. The van der Waals surface area contributed by atoms with Gasteiger partial charge in [-0.05, 0) is 36.8 Å². The molecule has 0 radical (unpaired) electrons. The SMILES string of the molecule is O=C(CCCCl)NC(=S)Nc1ccc(Cl)cc1C(=O)O. The molecule has 1 aromatic carbocycles.